The summed E-state index contributed by atoms with van der Waals surface area (Å²) in [5.74, 6) is 0.0164. The van der Waals surface area contributed by atoms with E-state index in [-0.39, 0.29) is 17.9 Å². The molecule has 21 heavy (non-hydrogen) atoms. The summed E-state index contributed by atoms with van der Waals surface area (Å²) in [5.41, 5.74) is 1.01. The molecule has 5 nitrogen and oxygen atoms in total. The van der Waals surface area contributed by atoms with Crippen molar-refractivity contribution in [2.24, 2.45) is 0 Å². The predicted molar refractivity (Wildman–Crippen MR) is 81.4 cm³/mol. The van der Waals surface area contributed by atoms with Crippen molar-refractivity contribution < 1.29 is 9.59 Å². The normalized spacial score (nSPS) is 22.3. The van der Waals surface area contributed by atoms with Crippen LogP contribution in [0.5, 0.6) is 0 Å². The molecule has 1 aromatic carbocycles. The van der Waals surface area contributed by atoms with E-state index in [0.29, 0.717) is 25.9 Å². The minimum Gasteiger partial charge on any atom is -0.367 e. The molecule has 0 unspecified atom stereocenters. The van der Waals surface area contributed by atoms with Crippen LogP contribution in [0.25, 0.3) is 0 Å². The van der Waals surface area contributed by atoms with Gasteiger partial charge in [0.1, 0.15) is 6.04 Å². The van der Waals surface area contributed by atoms with Crippen molar-refractivity contribution in [1.82, 2.24) is 10.2 Å². The Labute approximate surface area is 128 Å². The molecule has 3 rings (SSSR count). The Morgan fingerprint density at radius 2 is 1.90 bits per heavy atom. The lowest BCUT2D eigenvalue weighted by Crippen LogP contribution is -2.53. The van der Waals surface area contributed by atoms with Gasteiger partial charge in [-0.15, -0.1) is 0 Å². The molecule has 2 saturated heterocycles. The van der Waals surface area contributed by atoms with Crippen molar-refractivity contribution in [2.75, 3.05) is 31.1 Å². The number of anilines is 1. The average molecular weight is 308 g/mol. The fourth-order valence-electron chi connectivity index (χ4n) is 2.90. The van der Waals surface area contributed by atoms with Gasteiger partial charge in [-0.3, -0.25) is 9.59 Å². The molecule has 0 saturated carbocycles. The highest BCUT2D eigenvalue weighted by molar-refractivity contribution is 6.33. The van der Waals surface area contributed by atoms with E-state index >= 15 is 0 Å². The molecule has 6 heteroatoms. The fraction of sp³-hybridized carbons (Fsp3) is 0.467. The summed E-state index contributed by atoms with van der Waals surface area (Å²) in [4.78, 5) is 27.6. The van der Waals surface area contributed by atoms with Crippen molar-refractivity contribution in [3.05, 3.63) is 29.3 Å². The molecule has 2 aliphatic rings. The van der Waals surface area contributed by atoms with Crippen molar-refractivity contribution in [1.29, 1.82) is 0 Å². The second kappa shape index (κ2) is 5.93. The Morgan fingerprint density at radius 1 is 1.19 bits per heavy atom. The van der Waals surface area contributed by atoms with Crippen LogP contribution in [-0.2, 0) is 9.59 Å². The van der Waals surface area contributed by atoms with Crippen LogP contribution in [0.1, 0.15) is 12.8 Å². The quantitative estimate of drug-likeness (QED) is 0.895. The topological polar surface area (TPSA) is 52.7 Å². The third kappa shape index (κ3) is 2.97. The van der Waals surface area contributed by atoms with E-state index in [2.05, 4.69) is 10.2 Å². The molecule has 0 aromatic heterocycles. The highest BCUT2D eigenvalue weighted by Crippen LogP contribution is 2.26. The van der Waals surface area contributed by atoms with Crippen molar-refractivity contribution >= 4 is 29.1 Å². The molecular formula is C15H18ClN3O2. The maximum atomic E-state index is 12.3. The number of carbonyl (C=O) groups is 2. The lowest BCUT2D eigenvalue weighted by Gasteiger charge is -2.37. The maximum absolute atomic E-state index is 12.3. The fourth-order valence-corrected chi connectivity index (χ4v) is 3.15. The van der Waals surface area contributed by atoms with Crippen LogP contribution in [-0.4, -0.2) is 48.9 Å². The summed E-state index contributed by atoms with van der Waals surface area (Å²) in [6.07, 6.45) is 1.07. The van der Waals surface area contributed by atoms with E-state index in [1.54, 1.807) is 0 Å². The number of hydrogen-bond acceptors (Lipinski definition) is 3. The molecule has 1 aromatic rings. The van der Waals surface area contributed by atoms with Gasteiger partial charge in [-0.25, -0.2) is 0 Å². The highest BCUT2D eigenvalue weighted by Gasteiger charge is 2.32. The maximum Gasteiger partial charge on any atom is 0.245 e. The van der Waals surface area contributed by atoms with Gasteiger partial charge in [0.15, 0.2) is 0 Å². The molecule has 1 N–H and O–H groups in total. The Hall–Kier alpha value is -1.75. The lowest BCUT2D eigenvalue weighted by molar-refractivity contribution is -0.134. The zero-order valence-electron chi connectivity index (χ0n) is 11.7. The number of hydrogen-bond donors (Lipinski definition) is 1. The van der Waals surface area contributed by atoms with Crippen LogP contribution >= 0.6 is 11.6 Å². The number of piperazine rings is 1. The van der Waals surface area contributed by atoms with Crippen LogP contribution in [0, 0.1) is 0 Å². The van der Waals surface area contributed by atoms with E-state index in [9.17, 15) is 9.59 Å². The number of halogens is 1. The molecule has 0 aliphatic carbocycles. The minimum atomic E-state index is -0.329. The van der Waals surface area contributed by atoms with Gasteiger partial charge in [-0.1, -0.05) is 23.7 Å². The number of nitrogens with zero attached hydrogens (tertiary/aromatic N) is 2. The first kappa shape index (κ1) is 14.2. The summed E-state index contributed by atoms with van der Waals surface area (Å²) >= 11 is 6.21. The Balaban J connectivity index is 1.59. The Bertz CT molecular complexity index is 556. The first-order valence-corrected chi connectivity index (χ1v) is 7.60. The van der Waals surface area contributed by atoms with E-state index in [0.717, 1.165) is 23.8 Å². The summed E-state index contributed by atoms with van der Waals surface area (Å²) in [6.45, 7) is 2.85. The minimum absolute atomic E-state index is 0.0250. The zero-order valence-corrected chi connectivity index (χ0v) is 12.5. The lowest BCUT2D eigenvalue weighted by atomic mass is 10.1. The number of carbonyl (C=O) groups excluding carboxylic acids is 2. The molecule has 112 valence electrons. The largest absolute Gasteiger partial charge is 0.367 e. The van der Waals surface area contributed by atoms with Gasteiger partial charge in [-0.05, 0) is 18.6 Å². The molecule has 2 amide bonds. The smallest absolute Gasteiger partial charge is 0.245 e. The number of rotatable bonds is 2. The summed E-state index contributed by atoms with van der Waals surface area (Å²) in [7, 11) is 0. The van der Waals surface area contributed by atoms with E-state index in [4.69, 9.17) is 11.6 Å². The summed E-state index contributed by atoms with van der Waals surface area (Å²) in [5, 5.41) is 3.47. The second-order valence-corrected chi connectivity index (χ2v) is 5.83. The van der Waals surface area contributed by atoms with Crippen LogP contribution < -0.4 is 10.2 Å². The Morgan fingerprint density at radius 3 is 2.52 bits per heavy atom. The highest BCUT2D eigenvalue weighted by atomic mass is 35.5. The van der Waals surface area contributed by atoms with Gasteiger partial charge in [-0.2, -0.15) is 0 Å². The van der Waals surface area contributed by atoms with Crippen molar-refractivity contribution in [2.45, 2.75) is 18.9 Å². The molecule has 1 atom stereocenters. The molecule has 2 fully saturated rings. The number of amides is 2. The van der Waals surface area contributed by atoms with Crippen LogP contribution in [0.15, 0.2) is 24.3 Å². The van der Waals surface area contributed by atoms with E-state index in [1.807, 2.05) is 29.2 Å². The monoisotopic (exact) mass is 307 g/mol. The van der Waals surface area contributed by atoms with Crippen molar-refractivity contribution in [3.63, 3.8) is 0 Å². The summed E-state index contributed by atoms with van der Waals surface area (Å²) in [6, 6.07) is 7.42. The third-order valence-corrected chi connectivity index (χ3v) is 4.40. The summed E-state index contributed by atoms with van der Waals surface area (Å²) < 4.78 is 0. The molecule has 2 heterocycles. The standard InChI is InChI=1S/C15H18ClN3O2/c16-11-3-1-2-4-13(11)18-7-9-19(10-8-18)15(21)12-5-6-14(20)17-12/h1-4,12H,5-10H2,(H,17,20)/t12-/m0/s1. The second-order valence-electron chi connectivity index (χ2n) is 5.42. The first-order chi connectivity index (χ1) is 10.1. The predicted octanol–water partition coefficient (Wildman–Crippen LogP) is 1.27. The SMILES string of the molecule is O=C1CC[C@@H](C(=O)N2CCN(c3ccccc3Cl)CC2)N1. The van der Waals surface area contributed by atoms with Gasteiger partial charge < -0.3 is 15.1 Å². The van der Waals surface area contributed by atoms with Gasteiger partial charge in [0.25, 0.3) is 0 Å². The molecule has 0 spiro atoms. The molecular weight excluding hydrogens is 290 g/mol. The van der Waals surface area contributed by atoms with Gasteiger partial charge in [0.2, 0.25) is 11.8 Å². The number of nitrogens with one attached hydrogen (secondary N) is 1. The van der Waals surface area contributed by atoms with Gasteiger partial charge in [0.05, 0.1) is 10.7 Å². The zero-order chi connectivity index (χ0) is 14.8. The van der Waals surface area contributed by atoms with E-state index in [1.165, 1.54) is 0 Å². The number of benzene rings is 1. The van der Waals surface area contributed by atoms with E-state index < -0.39 is 0 Å². The van der Waals surface area contributed by atoms with Gasteiger partial charge in [0, 0.05) is 32.6 Å². The van der Waals surface area contributed by atoms with Gasteiger partial charge >= 0.3 is 0 Å². The third-order valence-electron chi connectivity index (χ3n) is 4.08. The molecule has 0 bridgehead atoms. The van der Waals surface area contributed by atoms with Crippen LogP contribution in [0.4, 0.5) is 5.69 Å². The first-order valence-electron chi connectivity index (χ1n) is 7.23. The van der Waals surface area contributed by atoms with Crippen LogP contribution in [0.3, 0.4) is 0 Å². The Kier molecular flexibility index (Phi) is 4.01. The number of para-hydroxylation sites is 1. The average Bonchev–Trinajstić information content (AvgIpc) is 2.94. The van der Waals surface area contributed by atoms with Crippen LogP contribution in [0.2, 0.25) is 5.02 Å². The molecule has 0 radical (unpaired) electrons. The molecule has 2 aliphatic heterocycles. The van der Waals surface area contributed by atoms with Crippen molar-refractivity contribution in [3.8, 4) is 0 Å².